The molecule has 0 unspecified atom stereocenters. The van der Waals surface area contributed by atoms with Gasteiger partial charge in [-0.15, -0.1) is 0 Å². The maximum atomic E-state index is 9.65. The lowest BCUT2D eigenvalue weighted by Crippen LogP contribution is -2.15. The van der Waals surface area contributed by atoms with Crippen LogP contribution in [0.5, 0.6) is 0 Å². The monoisotopic (exact) mass is 226 g/mol. The number of anilines is 2. The van der Waals surface area contributed by atoms with Crippen LogP contribution >= 0.6 is 11.8 Å². The normalized spacial score (nSPS) is 25.7. The maximum Gasteiger partial charge on any atom is 0.191 e. The van der Waals surface area contributed by atoms with Crippen LogP contribution in [0.15, 0.2) is 11.2 Å². The lowest BCUT2D eigenvalue weighted by Gasteiger charge is -2.12. The average molecular weight is 226 g/mol. The third-order valence-electron chi connectivity index (χ3n) is 2.42. The van der Waals surface area contributed by atoms with Crippen molar-refractivity contribution in [3.63, 3.8) is 0 Å². The summed E-state index contributed by atoms with van der Waals surface area (Å²) >= 11 is 1.46. The Morgan fingerprint density at radius 3 is 2.47 bits per heavy atom. The molecule has 0 spiro atoms. The van der Waals surface area contributed by atoms with Gasteiger partial charge < -0.3 is 16.6 Å². The zero-order valence-electron chi connectivity index (χ0n) is 8.26. The molecule has 15 heavy (non-hydrogen) atoms. The number of thioether (sulfide) groups is 1. The molecule has 6 heteroatoms. The first-order valence-electron chi connectivity index (χ1n) is 4.90. The molecule has 1 aromatic heterocycles. The van der Waals surface area contributed by atoms with Gasteiger partial charge in [-0.2, -0.15) is 0 Å². The van der Waals surface area contributed by atoms with Crippen molar-refractivity contribution in [3.05, 3.63) is 6.07 Å². The standard InChI is InChI=1S/C9H14N4OS/c10-7-4-8(11)13-9(12-7)15-6-3-1-2-5(6)14/h4-6,14H,1-3H2,(H4,10,11,12,13)/t5-,6-/m0/s1. The van der Waals surface area contributed by atoms with Crippen molar-refractivity contribution in [3.8, 4) is 0 Å². The molecule has 0 aromatic carbocycles. The molecule has 0 aliphatic heterocycles. The Hall–Kier alpha value is -1.01. The number of nitrogens with two attached hydrogens (primary N) is 2. The van der Waals surface area contributed by atoms with Crippen LogP contribution in [0.2, 0.25) is 0 Å². The van der Waals surface area contributed by atoms with Crippen molar-refractivity contribution in [2.45, 2.75) is 35.8 Å². The molecular weight excluding hydrogens is 212 g/mol. The molecule has 2 rings (SSSR count). The summed E-state index contributed by atoms with van der Waals surface area (Å²) in [5.41, 5.74) is 11.1. The molecule has 1 aromatic rings. The summed E-state index contributed by atoms with van der Waals surface area (Å²) in [6.45, 7) is 0. The zero-order valence-corrected chi connectivity index (χ0v) is 9.07. The molecule has 0 amide bonds. The number of nitrogen functional groups attached to an aromatic ring is 2. The molecule has 5 nitrogen and oxygen atoms in total. The van der Waals surface area contributed by atoms with Crippen LogP contribution in [0.3, 0.4) is 0 Å². The Balaban J connectivity index is 2.10. The highest BCUT2D eigenvalue weighted by molar-refractivity contribution is 7.99. The van der Waals surface area contributed by atoms with Crippen LogP contribution in [0, 0.1) is 0 Å². The van der Waals surface area contributed by atoms with Crippen molar-refractivity contribution in [1.82, 2.24) is 9.97 Å². The lowest BCUT2D eigenvalue weighted by atomic mass is 10.3. The van der Waals surface area contributed by atoms with Gasteiger partial charge in [0.25, 0.3) is 0 Å². The van der Waals surface area contributed by atoms with E-state index in [1.807, 2.05) is 0 Å². The van der Waals surface area contributed by atoms with Gasteiger partial charge in [0.05, 0.1) is 6.10 Å². The third-order valence-corrected chi connectivity index (χ3v) is 3.67. The fraction of sp³-hybridized carbons (Fsp3) is 0.556. The Kier molecular flexibility index (Phi) is 2.97. The summed E-state index contributed by atoms with van der Waals surface area (Å²) in [4.78, 5) is 8.14. The van der Waals surface area contributed by atoms with Gasteiger partial charge in [-0.3, -0.25) is 0 Å². The number of hydrogen-bond acceptors (Lipinski definition) is 6. The summed E-state index contributed by atoms with van der Waals surface area (Å²) in [5, 5.41) is 10.4. The summed E-state index contributed by atoms with van der Waals surface area (Å²) in [7, 11) is 0. The lowest BCUT2D eigenvalue weighted by molar-refractivity contribution is 0.188. The molecule has 1 aliphatic rings. The maximum absolute atomic E-state index is 9.65. The van der Waals surface area contributed by atoms with Crippen molar-refractivity contribution < 1.29 is 5.11 Å². The molecule has 0 bridgehead atoms. The number of aliphatic hydroxyl groups excluding tert-OH is 1. The van der Waals surface area contributed by atoms with Crippen LogP contribution in [0.1, 0.15) is 19.3 Å². The molecule has 1 heterocycles. The number of aromatic nitrogens is 2. The first-order chi connectivity index (χ1) is 7.15. The van der Waals surface area contributed by atoms with Crippen molar-refractivity contribution >= 4 is 23.4 Å². The molecule has 0 radical (unpaired) electrons. The number of aliphatic hydroxyl groups is 1. The van der Waals surface area contributed by atoms with E-state index < -0.39 is 0 Å². The summed E-state index contributed by atoms with van der Waals surface area (Å²) < 4.78 is 0. The predicted molar refractivity (Wildman–Crippen MR) is 60.4 cm³/mol. The Morgan fingerprint density at radius 1 is 1.27 bits per heavy atom. The fourth-order valence-electron chi connectivity index (χ4n) is 1.69. The quantitative estimate of drug-likeness (QED) is 0.640. The largest absolute Gasteiger partial charge is 0.392 e. The van der Waals surface area contributed by atoms with Crippen molar-refractivity contribution in [2.75, 3.05) is 11.5 Å². The summed E-state index contributed by atoms with van der Waals surface area (Å²) in [5.74, 6) is 0.745. The number of nitrogens with zero attached hydrogens (tertiary/aromatic N) is 2. The molecular formula is C9H14N4OS. The van der Waals surface area contributed by atoms with E-state index in [0.717, 1.165) is 19.3 Å². The topological polar surface area (TPSA) is 98.1 Å². The highest BCUT2D eigenvalue weighted by Gasteiger charge is 2.27. The Morgan fingerprint density at radius 2 is 1.93 bits per heavy atom. The van der Waals surface area contributed by atoms with E-state index in [-0.39, 0.29) is 11.4 Å². The fourth-order valence-corrected chi connectivity index (χ4v) is 2.86. The minimum absolute atomic E-state index is 0.172. The van der Waals surface area contributed by atoms with Gasteiger partial charge in [-0.25, -0.2) is 9.97 Å². The van der Waals surface area contributed by atoms with Crippen LogP contribution in [0.25, 0.3) is 0 Å². The van der Waals surface area contributed by atoms with E-state index in [4.69, 9.17) is 11.5 Å². The highest BCUT2D eigenvalue weighted by Crippen LogP contribution is 2.33. The smallest absolute Gasteiger partial charge is 0.191 e. The third kappa shape index (κ3) is 2.51. The van der Waals surface area contributed by atoms with Crippen LogP contribution in [0.4, 0.5) is 11.6 Å². The minimum Gasteiger partial charge on any atom is -0.392 e. The van der Waals surface area contributed by atoms with Crippen LogP contribution in [-0.4, -0.2) is 26.4 Å². The molecule has 1 aliphatic carbocycles. The molecule has 1 saturated carbocycles. The summed E-state index contributed by atoms with van der Waals surface area (Å²) in [6, 6.07) is 1.52. The van der Waals surface area contributed by atoms with Crippen molar-refractivity contribution in [1.29, 1.82) is 0 Å². The van der Waals surface area contributed by atoms with Crippen molar-refractivity contribution in [2.24, 2.45) is 0 Å². The van der Waals surface area contributed by atoms with E-state index >= 15 is 0 Å². The number of hydrogen-bond donors (Lipinski definition) is 3. The van der Waals surface area contributed by atoms with E-state index in [2.05, 4.69) is 9.97 Å². The minimum atomic E-state index is -0.263. The average Bonchev–Trinajstić information content (AvgIpc) is 2.50. The van der Waals surface area contributed by atoms with Gasteiger partial charge >= 0.3 is 0 Å². The van der Waals surface area contributed by atoms with Crippen LogP contribution in [-0.2, 0) is 0 Å². The molecule has 2 atom stereocenters. The Labute approximate surface area is 92.3 Å². The van der Waals surface area contributed by atoms with E-state index in [1.165, 1.54) is 17.8 Å². The molecule has 82 valence electrons. The second-order valence-corrected chi connectivity index (χ2v) is 4.86. The first-order valence-corrected chi connectivity index (χ1v) is 5.78. The summed E-state index contributed by atoms with van der Waals surface area (Å²) in [6.07, 6.45) is 2.64. The molecule has 0 saturated heterocycles. The van der Waals surface area contributed by atoms with E-state index in [0.29, 0.717) is 16.8 Å². The van der Waals surface area contributed by atoms with Gasteiger partial charge in [-0.05, 0) is 19.3 Å². The van der Waals surface area contributed by atoms with E-state index in [9.17, 15) is 5.11 Å². The SMILES string of the molecule is Nc1cc(N)nc(S[C@H]2CCC[C@@H]2O)n1. The van der Waals surface area contributed by atoms with Gasteiger partial charge in [0, 0.05) is 11.3 Å². The molecule has 1 fully saturated rings. The second kappa shape index (κ2) is 4.24. The Bertz CT molecular complexity index is 340. The van der Waals surface area contributed by atoms with Crippen LogP contribution < -0.4 is 11.5 Å². The van der Waals surface area contributed by atoms with Gasteiger partial charge in [0.1, 0.15) is 11.6 Å². The zero-order chi connectivity index (χ0) is 10.8. The predicted octanol–water partition coefficient (Wildman–Crippen LogP) is 0.647. The molecule has 5 N–H and O–H groups in total. The number of rotatable bonds is 2. The first kappa shape index (κ1) is 10.5. The van der Waals surface area contributed by atoms with Gasteiger partial charge in [0.2, 0.25) is 0 Å². The van der Waals surface area contributed by atoms with Gasteiger partial charge in [0.15, 0.2) is 5.16 Å². The highest BCUT2D eigenvalue weighted by atomic mass is 32.2. The second-order valence-electron chi connectivity index (χ2n) is 3.65. The van der Waals surface area contributed by atoms with Gasteiger partial charge in [-0.1, -0.05) is 11.8 Å². The van der Waals surface area contributed by atoms with E-state index in [1.54, 1.807) is 0 Å².